The van der Waals surface area contributed by atoms with Gasteiger partial charge in [-0.3, -0.25) is 28.8 Å². The Morgan fingerprint density at radius 2 is 1.52 bits per heavy atom. The van der Waals surface area contributed by atoms with Gasteiger partial charge in [-0.1, -0.05) is 113 Å². The zero-order valence-electron chi connectivity index (χ0n) is 36.0. The zero-order valence-corrected chi connectivity index (χ0v) is 37.0. The summed E-state index contributed by atoms with van der Waals surface area (Å²) in [4.78, 5) is 82.6. The summed E-state index contributed by atoms with van der Waals surface area (Å²) in [5.41, 5.74) is -0.0443. The fourth-order valence-electron chi connectivity index (χ4n) is 8.15. The third kappa shape index (κ3) is 10.7. The molecule has 4 N–H and O–H groups in total. The van der Waals surface area contributed by atoms with Crippen molar-refractivity contribution in [1.29, 1.82) is 0 Å². The molecule has 2 heterocycles. The minimum Gasteiger partial charge on any atom is -0.398 e. The minimum absolute atomic E-state index is 0.0766. The molecule has 0 aliphatic carbocycles. The van der Waals surface area contributed by atoms with Gasteiger partial charge in [-0.25, -0.2) is 0 Å². The second-order valence-corrected chi connectivity index (χ2v) is 21.4. The molecule has 12 nitrogen and oxygen atoms in total. The maximum atomic E-state index is 14.2. The van der Waals surface area contributed by atoms with Gasteiger partial charge in [0, 0.05) is 32.0 Å². The van der Waals surface area contributed by atoms with Crippen LogP contribution in [0.1, 0.15) is 92.6 Å². The largest absolute Gasteiger partial charge is 0.398 e. The van der Waals surface area contributed by atoms with Gasteiger partial charge >= 0.3 is 0 Å². The number of allylic oxidation sites excluding steroid dienone is 2. The summed E-state index contributed by atoms with van der Waals surface area (Å²) in [6.07, 6.45) is 4.97. The number of anilines is 1. The molecule has 0 aromatic heterocycles. The summed E-state index contributed by atoms with van der Waals surface area (Å²) >= 11 is 0. The molecule has 0 spiro atoms. The second kappa shape index (κ2) is 19.8. The van der Waals surface area contributed by atoms with Gasteiger partial charge in [-0.15, -0.1) is 0 Å². The molecule has 3 aromatic rings. The van der Waals surface area contributed by atoms with Gasteiger partial charge in [0.1, 0.15) is 29.8 Å². The van der Waals surface area contributed by atoms with Crippen molar-refractivity contribution in [2.24, 2.45) is 0 Å². The molecule has 0 unspecified atom stereocenters. The number of carbonyl (C=O) groups excluding carboxylic acids is 6. The first-order valence-corrected chi connectivity index (χ1v) is 23.0. The van der Waals surface area contributed by atoms with Crippen LogP contribution in [0.5, 0.6) is 0 Å². The number of hydrogen-bond acceptors (Lipinski definition) is 7. The van der Waals surface area contributed by atoms with Gasteiger partial charge < -0.3 is 30.6 Å². The standard InChI is InChI=1S/C47H61N5O7Si/c1-8-47(7)45(58)50-39(31-34-26-28-35(29-27-34)48-33(3)53)44(57)52-30-18-24-40(52)43(56)49-38(42(55)51-47)23-16-11-17-25-41(54)32(2)59-60(46(4,5)6,36-19-12-9-13-20-36)37-21-14-10-15-22-37/h9-15,17,19-22,26-29,32,38-40H,8,16,18,23-25,30-31H2,1-7H3,(H,48,53)(H,49,56)(H,50,58)(H,51,55)/t32-,38-,39-,40+,47-/m0/s1. The average Bonchev–Trinajstić information content (AvgIpc) is 3.72. The summed E-state index contributed by atoms with van der Waals surface area (Å²) in [6, 6.07) is 24.5. The molecular formula is C47H61N5O7Si. The van der Waals surface area contributed by atoms with Crippen LogP contribution in [0.25, 0.3) is 0 Å². The number of amides is 5. The minimum atomic E-state index is -2.95. The van der Waals surface area contributed by atoms with E-state index in [-0.39, 0.29) is 48.3 Å². The third-order valence-electron chi connectivity index (χ3n) is 11.7. The molecule has 2 aliphatic rings. The highest BCUT2D eigenvalue weighted by Crippen LogP contribution is 2.37. The Hall–Kier alpha value is -5.40. The lowest BCUT2D eigenvalue weighted by molar-refractivity contribution is -0.144. The highest BCUT2D eigenvalue weighted by atomic mass is 28.4. The molecule has 3 aromatic carbocycles. The van der Waals surface area contributed by atoms with Crippen molar-refractivity contribution in [3.8, 4) is 0 Å². The molecule has 60 heavy (non-hydrogen) atoms. The third-order valence-corrected chi connectivity index (χ3v) is 16.8. The predicted octanol–water partition coefficient (Wildman–Crippen LogP) is 4.71. The molecule has 320 valence electrons. The number of ketones is 1. The molecular weight excluding hydrogens is 775 g/mol. The normalized spacial score (nSPS) is 22.2. The number of nitrogens with one attached hydrogen (secondary N) is 4. The van der Waals surface area contributed by atoms with Gasteiger partial charge in [0.25, 0.3) is 8.32 Å². The topological polar surface area (TPSA) is 163 Å². The SMILES string of the molecule is CC[C@]1(C)NC(=O)[C@H](CCC=CCC(=O)[C@H](C)O[Si](c2ccccc2)(c2ccccc2)C(C)(C)C)NC(=O)[C@H]2CCCN2C(=O)[C@H](Cc2ccc(NC(C)=O)cc2)NC1=O. The molecule has 2 saturated heterocycles. The Morgan fingerprint density at radius 1 is 0.900 bits per heavy atom. The Bertz CT molecular complexity index is 2000. The van der Waals surface area contributed by atoms with Crippen LogP contribution in [-0.2, 0) is 39.6 Å². The number of carbonyl (C=O) groups is 6. The van der Waals surface area contributed by atoms with E-state index in [1.54, 1.807) is 44.2 Å². The van der Waals surface area contributed by atoms with E-state index in [9.17, 15) is 28.8 Å². The first-order chi connectivity index (χ1) is 28.5. The fraction of sp³-hybridized carbons (Fsp3) is 0.447. The van der Waals surface area contributed by atoms with Crippen molar-refractivity contribution in [1.82, 2.24) is 20.9 Å². The van der Waals surface area contributed by atoms with E-state index in [1.807, 2.05) is 49.4 Å². The highest BCUT2D eigenvalue weighted by Gasteiger charge is 2.51. The van der Waals surface area contributed by atoms with Crippen molar-refractivity contribution in [2.45, 2.75) is 128 Å². The zero-order chi connectivity index (χ0) is 43.7. The van der Waals surface area contributed by atoms with Crippen molar-refractivity contribution >= 4 is 59.7 Å². The molecule has 5 atom stereocenters. The Morgan fingerprint density at radius 3 is 2.08 bits per heavy atom. The smallest absolute Gasteiger partial charge is 0.262 e. The first-order valence-electron chi connectivity index (χ1n) is 21.1. The first kappa shape index (κ1) is 45.7. The van der Waals surface area contributed by atoms with Crippen LogP contribution >= 0.6 is 0 Å². The number of fused-ring (bicyclic) bond motifs is 1. The van der Waals surface area contributed by atoms with Crippen molar-refractivity contribution in [2.75, 3.05) is 11.9 Å². The van der Waals surface area contributed by atoms with E-state index >= 15 is 0 Å². The van der Waals surface area contributed by atoms with Gasteiger partial charge in [0.05, 0.1) is 0 Å². The maximum Gasteiger partial charge on any atom is 0.262 e. The summed E-state index contributed by atoms with van der Waals surface area (Å²) < 4.78 is 7.00. The van der Waals surface area contributed by atoms with Crippen molar-refractivity contribution in [3.05, 3.63) is 103 Å². The van der Waals surface area contributed by atoms with Crippen LogP contribution in [-0.4, -0.2) is 84.8 Å². The lowest BCUT2D eigenvalue weighted by atomic mass is 9.94. The Labute approximate surface area is 355 Å². The van der Waals surface area contributed by atoms with Crippen molar-refractivity contribution in [3.63, 3.8) is 0 Å². The monoisotopic (exact) mass is 835 g/mol. The van der Waals surface area contributed by atoms with Gasteiger partial charge in [-0.2, -0.15) is 0 Å². The number of nitrogens with zero attached hydrogens (tertiary/aromatic N) is 1. The molecule has 5 rings (SSSR count). The van der Waals surface area contributed by atoms with Crippen LogP contribution in [0.2, 0.25) is 5.04 Å². The summed E-state index contributed by atoms with van der Waals surface area (Å²) in [5, 5.41) is 13.3. The van der Waals surface area contributed by atoms with Crippen LogP contribution in [0, 0.1) is 0 Å². The van der Waals surface area contributed by atoms with Crippen LogP contribution in [0.3, 0.4) is 0 Å². The molecule has 0 radical (unpaired) electrons. The van der Waals surface area contributed by atoms with Crippen LogP contribution in [0.4, 0.5) is 5.69 Å². The molecule has 0 saturated carbocycles. The van der Waals surface area contributed by atoms with Gasteiger partial charge in [0.15, 0.2) is 5.78 Å². The van der Waals surface area contributed by atoms with E-state index in [1.165, 1.54) is 11.8 Å². The number of rotatable bonds is 14. The van der Waals surface area contributed by atoms with Crippen molar-refractivity contribution < 1.29 is 33.2 Å². The van der Waals surface area contributed by atoms with Gasteiger partial charge in [-0.05, 0) is 79.1 Å². The van der Waals surface area contributed by atoms with E-state index < -0.39 is 55.8 Å². The molecule has 2 fully saturated rings. The van der Waals surface area contributed by atoms with E-state index in [2.05, 4.69) is 66.3 Å². The average molecular weight is 836 g/mol. The molecule has 2 aliphatic heterocycles. The second-order valence-electron chi connectivity index (χ2n) is 17.2. The Kier molecular flexibility index (Phi) is 15.1. The lowest BCUT2D eigenvalue weighted by Crippen LogP contribution is -2.68. The Balaban J connectivity index is 1.28. The predicted molar refractivity (Wildman–Crippen MR) is 236 cm³/mol. The summed E-state index contributed by atoms with van der Waals surface area (Å²) in [5.74, 6) is -2.13. The van der Waals surface area contributed by atoms with Gasteiger partial charge in [0.2, 0.25) is 29.5 Å². The number of Topliss-reactive ketones (excluding diaryl/α,β-unsaturated/α-hetero) is 1. The lowest BCUT2D eigenvalue weighted by Gasteiger charge is -2.44. The fourth-order valence-corrected chi connectivity index (χ4v) is 12.8. The van der Waals surface area contributed by atoms with E-state index in [0.717, 1.165) is 15.9 Å². The summed E-state index contributed by atoms with van der Waals surface area (Å²) in [6.45, 7) is 13.4. The maximum absolute atomic E-state index is 14.2. The van der Waals surface area contributed by atoms with Crippen LogP contribution < -0.4 is 31.6 Å². The van der Waals surface area contributed by atoms with E-state index in [0.29, 0.717) is 31.5 Å². The quantitative estimate of drug-likeness (QED) is 0.135. The molecule has 5 amide bonds. The number of benzene rings is 3. The van der Waals surface area contributed by atoms with Crippen LogP contribution in [0.15, 0.2) is 97.1 Å². The molecule has 13 heteroatoms. The summed E-state index contributed by atoms with van der Waals surface area (Å²) in [7, 11) is -2.95. The highest BCUT2D eigenvalue weighted by molar-refractivity contribution is 6.99. The van der Waals surface area contributed by atoms with E-state index in [4.69, 9.17) is 4.43 Å². The number of hydrogen-bond donors (Lipinski definition) is 4. The molecule has 0 bridgehead atoms.